The zero-order valence-corrected chi connectivity index (χ0v) is 11.3. The number of methoxy groups -OCH3 is 1. The van der Waals surface area contributed by atoms with Gasteiger partial charge < -0.3 is 9.72 Å². The molecule has 0 amide bonds. The van der Waals surface area contributed by atoms with Gasteiger partial charge in [0.05, 0.1) is 24.4 Å². The van der Waals surface area contributed by atoms with Gasteiger partial charge in [-0.15, -0.1) is 0 Å². The monoisotopic (exact) mass is 284 g/mol. The molecule has 0 spiro atoms. The number of aromatic nitrogens is 3. The third-order valence-electron chi connectivity index (χ3n) is 2.97. The van der Waals surface area contributed by atoms with Crippen LogP contribution in [0.25, 0.3) is 22.3 Å². The highest BCUT2D eigenvalue weighted by molar-refractivity contribution is 6.31. The molecule has 2 aromatic heterocycles. The highest BCUT2D eigenvalue weighted by Gasteiger charge is 2.14. The van der Waals surface area contributed by atoms with E-state index in [0.29, 0.717) is 17.0 Å². The van der Waals surface area contributed by atoms with Crippen LogP contribution in [0.2, 0.25) is 5.15 Å². The molecule has 1 aromatic carbocycles. The van der Waals surface area contributed by atoms with Crippen molar-refractivity contribution < 1.29 is 4.74 Å². The molecule has 0 saturated carbocycles. The third-order valence-corrected chi connectivity index (χ3v) is 3.24. The maximum Gasteiger partial charge on any atom is 0.184 e. The highest BCUT2D eigenvalue weighted by Crippen LogP contribution is 2.33. The van der Waals surface area contributed by atoms with E-state index in [1.54, 1.807) is 6.07 Å². The van der Waals surface area contributed by atoms with Crippen molar-refractivity contribution in [1.82, 2.24) is 15.0 Å². The van der Waals surface area contributed by atoms with E-state index in [2.05, 4.69) is 21.0 Å². The van der Waals surface area contributed by atoms with Crippen molar-refractivity contribution in [3.63, 3.8) is 0 Å². The van der Waals surface area contributed by atoms with Gasteiger partial charge in [-0.05, 0) is 24.3 Å². The van der Waals surface area contributed by atoms with Crippen molar-refractivity contribution in [3.8, 4) is 23.2 Å². The highest BCUT2D eigenvalue weighted by atomic mass is 35.5. The Kier molecular flexibility index (Phi) is 3.01. The van der Waals surface area contributed by atoms with E-state index < -0.39 is 0 Å². The predicted molar refractivity (Wildman–Crippen MR) is 75.6 cm³/mol. The second-order valence-corrected chi connectivity index (χ2v) is 4.50. The van der Waals surface area contributed by atoms with Gasteiger partial charge in [0.25, 0.3) is 0 Å². The van der Waals surface area contributed by atoms with Gasteiger partial charge >= 0.3 is 0 Å². The molecule has 0 fully saturated rings. The summed E-state index contributed by atoms with van der Waals surface area (Å²) in [5.41, 5.74) is 2.87. The molecule has 0 aliphatic heterocycles. The molecule has 0 aliphatic rings. The Hall–Kier alpha value is -2.58. The van der Waals surface area contributed by atoms with Gasteiger partial charge in [-0.25, -0.2) is 9.97 Å². The van der Waals surface area contributed by atoms with Crippen molar-refractivity contribution in [1.29, 1.82) is 5.26 Å². The van der Waals surface area contributed by atoms with Crippen molar-refractivity contribution in [2.45, 2.75) is 0 Å². The lowest BCUT2D eigenvalue weighted by Crippen LogP contribution is -1.94. The van der Waals surface area contributed by atoms with Crippen LogP contribution in [0.1, 0.15) is 5.56 Å². The molecule has 0 bridgehead atoms. The van der Waals surface area contributed by atoms with E-state index in [0.717, 1.165) is 16.6 Å². The van der Waals surface area contributed by atoms with Crippen LogP contribution in [0, 0.1) is 11.3 Å². The SMILES string of the molecule is COc1c(Cl)ncnc1-c1cc2cc(C#N)ccc2[nH]1. The summed E-state index contributed by atoms with van der Waals surface area (Å²) in [6.45, 7) is 0. The standard InChI is InChI=1S/C14H9ClN4O/c1-20-13-12(17-7-18-14(13)15)11-5-9-4-8(6-16)2-3-10(9)19-11/h2-5,7,19H,1H3. The van der Waals surface area contributed by atoms with Gasteiger partial charge in [-0.1, -0.05) is 11.6 Å². The first-order chi connectivity index (χ1) is 9.72. The van der Waals surface area contributed by atoms with Crippen LogP contribution in [-0.4, -0.2) is 22.1 Å². The first-order valence-corrected chi connectivity index (χ1v) is 6.18. The summed E-state index contributed by atoms with van der Waals surface area (Å²) in [5.74, 6) is 0.418. The summed E-state index contributed by atoms with van der Waals surface area (Å²) < 4.78 is 5.24. The van der Waals surface area contributed by atoms with Crippen LogP contribution in [0.5, 0.6) is 5.75 Å². The summed E-state index contributed by atoms with van der Waals surface area (Å²) in [7, 11) is 1.52. The van der Waals surface area contributed by atoms with Crippen molar-refractivity contribution >= 4 is 22.5 Å². The average molecular weight is 285 g/mol. The predicted octanol–water partition coefficient (Wildman–Crippen LogP) is 3.16. The number of H-pyrrole nitrogens is 1. The summed E-state index contributed by atoms with van der Waals surface area (Å²) in [6, 6.07) is 9.44. The molecular weight excluding hydrogens is 276 g/mol. The fourth-order valence-electron chi connectivity index (χ4n) is 2.05. The van der Waals surface area contributed by atoms with Crippen LogP contribution in [0.4, 0.5) is 0 Å². The molecule has 0 unspecified atom stereocenters. The zero-order valence-electron chi connectivity index (χ0n) is 10.5. The van der Waals surface area contributed by atoms with Crippen LogP contribution in [0.3, 0.4) is 0 Å². The molecule has 3 aromatic rings. The Bertz CT molecular complexity index is 835. The second kappa shape index (κ2) is 4.83. The van der Waals surface area contributed by atoms with Crippen LogP contribution < -0.4 is 4.74 Å². The fourth-order valence-corrected chi connectivity index (χ4v) is 2.27. The van der Waals surface area contributed by atoms with Gasteiger partial charge in [0.1, 0.15) is 12.0 Å². The smallest absolute Gasteiger partial charge is 0.184 e. The van der Waals surface area contributed by atoms with Gasteiger partial charge in [-0.3, -0.25) is 0 Å². The molecule has 1 N–H and O–H groups in total. The summed E-state index contributed by atoms with van der Waals surface area (Å²) in [4.78, 5) is 11.3. The fraction of sp³-hybridized carbons (Fsp3) is 0.0714. The second-order valence-electron chi connectivity index (χ2n) is 4.14. The number of fused-ring (bicyclic) bond motifs is 1. The Balaban J connectivity index is 2.20. The zero-order chi connectivity index (χ0) is 14.1. The lowest BCUT2D eigenvalue weighted by Gasteiger charge is -2.06. The summed E-state index contributed by atoms with van der Waals surface area (Å²) in [5, 5.41) is 10.1. The number of ether oxygens (including phenoxy) is 1. The Morgan fingerprint density at radius 2 is 2.15 bits per heavy atom. The molecular formula is C14H9ClN4O. The Morgan fingerprint density at radius 1 is 1.30 bits per heavy atom. The molecule has 5 nitrogen and oxygen atoms in total. The summed E-state index contributed by atoms with van der Waals surface area (Å²) >= 11 is 5.99. The van der Waals surface area contributed by atoms with E-state index in [-0.39, 0.29) is 5.15 Å². The minimum atomic E-state index is 0.258. The first kappa shape index (κ1) is 12.5. The van der Waals surface area contributed by atoms with Crippen LogP contribution in [0.15, 0.2) is 30.6 Å². The molecule has 0 atom stereocenters. The average Bonchev–Trinajstić information content (AvgIpc) is 2.89. The quantitative estimate of drug-likeness (QED) is 0.734. The van der Waals surface area contributed by atoms with Gasteiger partial charge in [0.15, 0.2) is 10.9 Å². The summed E-state index contributed by atoms with van der Waals surface area (Å²) in [6.07, 6.45) is 1.38. The molecule has 3 rings (SSSR count). The normalized spacial score (nSPS) is 10.4. The molecule has 0 aliphatic carbocycles. The van der Waals surface area contributed by atoms with Crippen molar-refractivity contribution in [2.24, 2.45) is 0 Å². The van der Waals surface area contributed by atoms with Gasteiger partial charge in [-0.2, -0.15) is 5.26 Å². The minimum absolute atomic E-state index is 0.258. The number of benzene rings is 1. The number of hydrogen-bond donors (Lipinski definition) is 1. The van der Waals surface area contributed by atoms with Gasteiger partial charge in [0.2, 0.25) is 0 Å². The Labute approximate surface area is 119 Å². The molecule has 0 radical (unpaired) electrons. The van der Waals surface area contributed by atoms with Crippen LogP contribution >= 0.6 is 11.6 Å². The number of rotatable bonds is 2. The number of nitriles is 1. The van der Waals surface area contributed by atoms with E-state index in [1.165, 1.54) is 13.4 Å². The molecule has 2 heterocycles. The van der Waals surface area contributed by atoms with Crippen molar-refractivity contribution in [2.75, 3.05) is 7.11 Å². The van der Waals surface area contributed by atoms with E-state index >= 15 is 0 Å². The lowest BCUT2D eigenvalue weighted by molar-refractivity contribution is 0.413. The number of nitrogens with one attached hydrogen (secondary N) is 1. The molecule has 0 saturated heterocycles. The maximum absolute atomic E-state index is 8.92. The number of halogens is 1. The topological polar surface area (TPSA) is 74.6 Å². The van der Waals surface area contributed by atoms with Crippen molar-refractivity contribution in [3.05, 3.63) is 41.3 Å². The number of hydrogen-bond acceptors (Lipinski definition) is 4. The number of aromatic amines is 1. The molecule has 6 heteroatoms. The maximum atomic E-state index is 8.92. The third kappa shape index (κ3) is 1.96. The Morgan fingerprint density at radius 3 is 2.90 bits per heavy atom. The minimum Gasteiger partial charge on any atom is -0.491 e. The molecule has 98 valence electrons. The number of nitrogens with zero attached hydrogens (tertiary/aromatic N) is 3. The molecule has 20 heavy (non-hydrogen) atoms. The van der Waals surface area contributed by atoms with Gasteiger partial charge in [0, 0.05) is 10.9 Å². The van der Waals surface area contributed by atoms with E-state index in [4.69, 9.17) is 21.6 Å². The first-order valence-electron chi connectivity index (χ1n) is 5.80. The van der Waals surface area contributed by atoms with Crippen LogP contribution in [-0.2, 0) is 0 Å². The lowest BCUT2D eigenvalue weighted by atomic mass is 10.1. The van der Waals surface area contributed by atoms with E-state index in [9.17, 15) is 0 Å². The largest absolute Gasteiger partial charge is 0.491 e. The van der Waals surface area contributed by atoms with E-state index in [1.807, 2.05) is 18.2 Å².